The Labute approximate surface area is 181 Å². The van der Waals surface area contributed by atoms with Gasteiger partial charge in [0.25, 0.3) is 5.91 Å². The highest BCUT2D eigenvalue weighted by atomic mass is 35.5. The van der Waals surface area contributed by atoms with Crippen molar-refractivity contribution in [2.45, 2.75) is 18.8 Å². The molecule has 6 nitrogen and oxygen atoms in total. The molecule has 0 bridgehead atoms. The van der Waals surface area contributed by atoms with Gasteiger partial charge in [-0.05, 0) is 36.8 Å². The number of carbonyl (C=O) groups is 1. The van der Waals surface area contributed by atoms with Crippen molar-refractivity contribution in [2.75, 3.05) is 0 Å². The van der Waals surface area contributed by atoms with Gasteiger partial charge in [-0.2, -0.15) is 0 Å². The number of furan rings is 1. The van der Waals surface area contributed by atoms with Crippen LogP contribution >= 0.6 is 23.4 Å². The van der Waals surface area contributed by atoms with Gasteiger partial charge in [0.15, 0.2) is 10.9 Å². The molecule has 0 saturated carbocycles. The number of nitrogens with one attached hydrogen (secondary N) is 1. The maximum absolute atomic E-state index is 13.1. The molecule has 2 aromatic carbocycles. The zero-order valence-corrected chi connectivity index (χ0v) is 17.6. The van der Waals surface area contributed by atoms with Crippen LogP contribution in [0.5, 0.6) is 0 Å². The van der Waals surface area contributed by atoms with E-state index in [0.29, 0.717) is 27.4 Å². The van der Waals surface area contributed by atoms with E-state index < -0.39 is 6.17 Å². The van der Waals surface area contributed by atoms with E-state index in [2.05, 4.69) is 5.32 Å². The summed E-state index contributed by atoms with van der Waals surface area (Å²) in [7, 11) is 0. The molecule has 0 saturated heterocycles. The van der Waals surface area contributed by atoms with Crippen molar-refractivity contribution in [2.24, 2.45) is 10.1 Å². The molecule has 2 aliphatic rings. The number of aryl methyl sites for hydroxylation is 1. The summed E-state index contributed by atoms with van der Waals surface area (Å²) in [6.45, 7) is 1.88. The van der Waals surface area contributed by atoms with Crippen LogP contribution in [0.15, 0.2) is 75.2 Å². The molecule has 0 fully saturated rings. The fourth-order valence-electron chi connectivity index (χ4n) is 3.43. The number of nitrogens with zero attached hydrogens (tertiary/aromatic N) is 3. The number of hydrogen-bond acceptors (Lipinski definition) is 6. The zero-order valence-electron chi connectivity index (χ0n) is 16.0. The lowest BCUT2D eigenvalue weighted by atomic mass is 10.1. The van der Waals surface area contributed by atoms with E-state index in [4.69, 9.17) is 26.1 Å². The monoisotopic (exact) mass is 436 g/mol. The number of hydrazone groups is 1. The molecule has 8 heteroatoms. The van der Waals surface area contributed by atoms with Crippen molar-refractivity contribution >= 4 is 40.1 Å². The molecule has 3 aromatic rings. The molecule has 0 spiro atoms. The van der Waals surface area contributed by atoms with Crippen molar-refractivity contribution in [3.63, 3.8) is 0 Å². The Morgan fingerprint density at radius 1 is 1.13 bits per heavy atom. The molecule has 0 aliphatic carbocycles. The molecule has 1 amide bonds. The lowest BCUT2D eigenvalue weighted by Gasteiger charge is -2.32. The molecule has 2 aliphatic heterocycles. The third kappa shape index (κ3) is 3.40. The second-order valence-electron chi connectivity index (χ2n) is 6.90. The van der Waals surface area contributed by atoms with Crippen molar-refractivity contribution < 1.29 is 9.21 Å². The average molecular weight is 437 g/mol. The quantitative estimate of drug-likeness (QED) is 0.683. The molecule has 0 radical (unpaired) electrons. The van der Waals surface area contributed by atoms with Crippen LogP contribution in [0.3, 0.4) is 0 Å². The minimum Gasteiger partial charge on any atom is -0.462 e. The van der Waals surface area contributed by atoms with Crippen molar-refractivity contribution in [1.29, 1.82) is 0 Å². The minimum absolute atomic E-state index is 0.220. The number of carbonyl (C=O) groups excluding carboxylic acids is 1. The van der Waals surface area contributed by atoms with E-state index >= 15 is 0 Å². The van der Waals surface area contributed by atoms with Gasteiger partial charge in [0.1, 0.15) is 11.5 Å². The standard InChI is InChI=1S/C22H17ClN4O2S/c1-13-10-11-18(29-13)20-24-17-9-5-3-7-15(17)19-21(28)25-22(26-27(19)20)30-12-14-6-2-4-8-16(14)23/h2-11,20H,12H2,1H3,(H,25,26,28)/t20-/m1/s1. The summed E-state index contributed by atoms with van der Waals surface area (Å²) in [5.41, 5.74) is 1.43. The number of para-hydroxylation sites is 1. The summed E-state index contributed by atoms with van der Waals surface area (Å²) in [6.07, 6.45) is -0.550. The summed E-state index contributed by atoms with van der Waals surface area (Å²) in [5.74, 6) is 1.77. The molecule has 1 N–H and O–H groups in total. The van der Waals surface area contributed by atoms with Crippen molar-refractivity contribution in [3.05, 3.63) is 93.3 Å². The SMILES string of the molecule is Cc1ccc([C@@H]2N=c3ccccc3=C3C(=O)NC(SCc4ccccc4Cl)=NN32)o1. The van der Waals surface area contributed by atoms with Gasteiger partial charge >= 0.3 is 0 Å². The molecule has 30 heavy (non-hydrogen) atoms. The van der Waals surface area contributed by atoms with Gasteiger partial charge in [0, 0.05) is 16.0 Å². The molecular weight excluding hydrogens is 420 g/mol. The summed E-state index contributed by atoms with van der Waals surface area (Å²) < 4.78 is 5.83. The molecule has 5 rings (SSSR count). The number of amides is 1. The number of hydrogen-bond donors (Lipinski definition) is 1. The molecule has 1 aromatic heterocycles. The van der Waals surface area contributed by atoms with E-state index in [1.807, 2.05) is 67.6 Å². The predicted octanol–water partition coefficient (Wildman–Crippen LogP) is 3.32. The molecule has 3 heterocycles. The first kappa shape index (κ1) is 19.0. The number of halogens is 1. The first-order chi connectivity index (χ1) is 14.6. The minimum atomic E-state index is -0.550. The van der Waals surface area contributed by atoms with Gasteiger partial charge in [0.05, 0.1) is 5.36 Å². The van der Waals surface area contributed by atoms with E-state index in [0.717, 1.165) is 21.9 Å². The van der Waals surface area contributed by atoms with Crippen LogP contribution < -0.4 is 15.9 Å². The van der Waals surface area contributed by atoms with Crippen molar-refractivity contribution in [1.82, 2.24) is 10.3 Å². The lowest BCUT2D eigenvalue weighted by molar-refractivity contribution is -0.116. The highest BCUT2D eigenvalue weighted by Crippen LogP contribution is 2.32. The third-order valence-corrected chi connectivity index (χ3v) is 6.13. The Kier molecular flexibility index (Phi) is 4.84. The topological polar surface area (TPSA) is 70.2 Å². The first-order valence-corrected chi connectivity index (χ1v) is 10.8. The van der Waals surface area contributed by atoms with Crippen molar-refractivity contribution in [3.8, 4) is 0 Å². The van der Waals surface area contributed by atoms with Crippen LogP contribution in [0.4, 0.5) is 0 Å². The average Bonchev–Trinajstić information content (AvgIpc) is 3.18. The Hall–Kier alpha value is -3.03. The van der Waals surface area contributed by atoms with Crippen LogP contribution in [0.1, 0.15) is 23.2 Å². The Bertz CT molecular complexity index is 1300. The van der Waals surface area contributed by atoms with E-state index in [-0.39, 0.29) is 5.91 Å². The maximum atomic E-state index is 13.1. The van der Waals surface area contributed by atoms with Gasteiger partial charge in [-0.25, -0.2) is 10.0 Å². The van der Waals surface area contributed by atoms with E-state index in [1.165, 1.54) is 11.8 Å². The molecule has 150 valence electrons. The second-order valence-corrected chi connectivity index (χ2v) is 8.27. The number of amidine groups is 1. The number of thioether (sulfide) groups is 1. The molecule has 1 atom stereocenters. The summed E-state index contributed by atoms with van der Waals surface area (Å²) in [6, 6.07) is 18.9. The third-order valence-electron chi connectivity index (χ3n) is 4.85. The Morgan fingerprint density at radius 2 is 1.93 bits per heavy atom. The normalized spacial score (nSPS) is 17.6. The van der Waals surface area contributed by atoms with Crippen LogP contribution in [-0.2, 0) is 10.5 Å². The predicted molar refractivity (Wildman–Crippen MR) is 117 cm³/mol. The van der Waals surface area contributed by atoms with Gasteiger partial charge < -0.3 is 4.42 Å². The fraction of sp³-hybridized carbons (Fsp3) is 0.136. The highest BCUT2D eigenvalue weighted by molar-refractivity contribution is 8.13. The van der Waals surface area contributed by atoms with E-state index in [9.17, 15) is 4.79 Å². The smallest absolute Gasteiger partial charge is 0.276 e. The van der Waals surface area contributed by atoms with Gasteiger partial charge in [0.2, 0.25) is 6.17 Å². The zero-order chi connectivity index (χ0) is 20.7. The van der Waals surface area contributed by atoms with E-state index in [1.54, 1.807) is 5.01 Å². The molecular formula is C22H17ClN4O2S. The number of fused-ring (bicyclic) bond motifs is 2. The van der Waals surface area contributed by atoms with Crippen LogP contribution in [-0.4, -0.2) is 16.1 Å². The van der Waals surface area contributed by atoms with Gasteiger partial charge in [-0.15, -0.1) is 5.10 Å². The summed E-state index contributed by atoms with van der Waals surface area (Å²) in [4.78, 5) is 17.9. The fourth-order valence-corrected chi connectivity index (χ4v) is 4.57. The largest absolute Gasteiger partial charge is 0.462 e. The van der Waals surface area contributed by atoms with Crippen LogP contribution in [0.2, 0.25) is 5.02 Å². The molecule has 0 unspecified atom stereocenters. The van der Waals surface area contributed by atoms with Crippen LogP contribution in [0, 0.1) is 6.92 Å². The van der Waals surface area contributed by atoms with Gasteiger partial charge in [-0.3, -0.25) is 10.1 Å². The van der Waals surface area contributed by atoms with Gasteiger partial charge in [-0.1, -0.05) is 59.8 Å². The number of rotatable bonds is 3. The number of benzene rings is 2. The lowest BCUT2D eigenvalue weighted by Crippen LogP contribution is -2.50. The summed E-state index contributed by atoms with van der Waals surface area (Å²) in [5, 5.41) is 11.9. The Morgan fingerprint density at radius 3 is 2.73 bits per heavy atom. The maximum Gasteiger partial charge on any atom is 0.276 e. The second kappa shape index (κ2) is 7.66. The summed E-state index contributed by atoms with van der Waals surface area (Å²) >= 11 is 7.67. The van der Waals surface area contributed by atoms with Crippen LogP contribution in [0.25, 0.3) is 5.70 Å². The first-order valence-electron chi connectivity index (χ1n) is 9.39. The Balaban J connectivity index is 1.56. The highest BCUT2D eigenvalue weighted by Gasteiger charge is 2.35.